The van der Waals surface area contributed by atoms with Crippen molar-refractivity contribution in [3.05, 3.63) is 23.4 Å². The SMILES string of the molecule is CC(=O)O.COC(C)CN(CCCCc1ccc2c(n1)NCCC2)CCC(N)C(=O)O. The molecule has 1 aliphatic heterocycles. The van der Waals surface area contributed by atoms with Crippen LogP contribution in [0.5, 0.6) is 0 Å². The van der Waals surface area contributed by atoms with Gasteiger partial charge in [-0.1, -0.05) is 6.07 Å². The number of unbranched alkanes of at least 4 members (excludes halogenated alkanes) is 1. The van der Waals surface area contributed by atoms with E-state index in [-0.39, 0.29) is 6.10 Å². The lowest BCUT2D eigenvalue weighted by molar-refractivity contribution is -0.139. The molecule has 176 valence electrons. The van der Waals surface area contributed by atoms with Crippen molar-refractivity contribution in [2.24, 2.45) is 5.73 Å². The van der Waals surface area contributed by atoms with Crippen LogP contribution >= 0.6 is 0 Å². The number of fused-ring (bicyclic) bond motifs is 1. The highest BCUT2D eigenvalue weighted by Crippen LogP contribution is 2.20. The van der Waals surface area contributed by atoms with Crippen molar-refractivity contribution in [3.63, 3.8) is 0 Å². The first-order valence-electron chi connectivity index (χ1n) is 10.9. The summed E-state index contributed by atoms with van der Waals surface area (Å²) < 4.78 is 5.36. The standard InChI is InChI=1S/C20H34N4O3.C2H4O2/c1-15(27-2)14-24(13-10-18(21)20(25)26)12-4-3-7-17-9-8-16-6-5-11-22-19(16)23-17;1-2(3)4/h8-9,15,18H,3-7,10-14,21H2,1-2H3,(H,22,23)(H,25,26);1H3,(H,3,4). The van der Waals surface area contributed by atoms with Crippen molar-refractivity contribution in [1.82, 2.24) is 9.88 Å². The Morgan fingerprint density at radius 2 is 2.00 bits per heavy atom. The van der Waals surface area contributed by atoms with Crippen LogP contribution in [0.25, 0.3) is 0 Å². The highest BCUT2D eigenvalue weighted by Gasteiger charge is 2.16. The second-order valence-electron chi connectivity index (χ2n) is 7.90. The van der Waals surface area contributed by atoms with E-state index in [2.05, 4.69) is 22.3 Å². The van der Waals surface area contributed by atoms with E-state index < -0.39 is 18.0 Å². The van der Waals surface area contributed by atoms with Gasteiger partial charge in [0.25, 0.3) is 5.97 Å². The van der Waals surface area contributed by atoms with Crippen molar-refractivity contribution in [3.8, 4) is 0 Å². The molecule has 0 saturated heterocycles. The predicted octanol–water partition coefficient (Wildman–Crippen LogP) is 1.99. The van der Waals surface area contributed by atoms with Crippen molar-refractivity contribution in [2.75, 3.05) is 38.6 Å². The highest BCUT2D eigenvalue weighted by molar-refractivity contribution is 5.73. The molecule has 0 bridgehead atoms. The van der Waals surface area contributed by atoms with Gasteiger partial charge in [0.15, 0.2) is 0 Å². The van der Waals surface area contributed by atoms with Crippen LogP contribution in [0.15, 0.2) is 12.1 Å². The lowest BCUT2D eigenvalue weighted by atomic mass is 10.1. The summed E-state index contributed by atoms with van der Waals surface area (Å²) in [5.74, 6) is -0.723. The molecule has 9 nitrogen and oxygen atoms in total. The summed E-state index contributed by atoms with van der Waals surface area (Å²) in [6.07, 6.45) is 5.89. The Hall–Kier alpha value is -2.23. The third-order valence-corrected chi connectivity index (χ3v) is 5.10. The minimum Gasteiger partial charge on any atom is -0.481 e. The Labute approximate surface area is 185 Å². The number of aliphatic carboxylic acids is 2. The average Bonchev–Trinajstić information content (AvgIpc) is 2.73. The van der Waals surface area contributed by atoms with E-state index in [1.54, 1.807) is 7.11 Å². The van der Waals surface area contributed by atoms with Crippen LogP contribution in [0.4, 0.5) is 5.82 Å². The maximum absolute atomic E-state index is 10.9. The summed E-state index contributed by atoms with van der Waals surface area (Å²) in [6, 6.07) is 3.53. The molecule has 9 heteroatoms. The van der Waals surface area contributed by atoms with E-state index in [1.807, 2.05) is 6.92 Å². The van der Waals surface area contributed by atoms with Crippen molar-refractivity contribution < 1.29 is 24.5 Å². The number of pyridine rings is 1. The molecule has 0 saturated carbocycles. The fraction of sp³-hybridized carbons (Fsp3) is 0.682. The van der Waals surface area contributed by atoms with Crippen LogP contribution in [0, 0.1) is 0 Å². The second kappa shape index (κ2) is 14.7. The topological polar surface area (TPSA) is 138 Å². The van der Waals surface area contributed by atoms with Crippen LogP contribution in [0.3, 0.4) is 0 Å². The number of carboxylic acid groups (broad SMARTS) is 2. The Kier molecular flexibility index (Phi) is 12.7. The molecule has 1 aliphatic rings. The fourth-order valence-electron chi connectivity index (χ4n) is 3.33. The number of nitrogens with two attached hydrogens (primary N) is 1. The molecular formula is C22H38N4O5. The van der Waals surface area contributed by atoms with Gasteiger partial charge in [-0.25, -0.2) is 4.98 Å². The summed E-state index contributed by atoms with van der Waals surface area (Å²) in [5.41, 5.74) is 8.09. The zero-order chi connectivity index (χ0) is 23.2. The number of carboxylic acids is 2. The molecule has 1 aromatic heterocycles. The van der Waals surface area contributed by atoms with Gasteiger partial charge in [0.2, 0.25) is 0 Å². The van der Waals surface area contributed by atoms with Gasteiger partial charge in [0.1, 0.15) is 11.9 Å². The van der Waals surface area contributed by atoms with Gasteiger partial charge in [-0.2, -0.15) is 0 Å². The molecule has 0 aromatic carbocycles. The monoisotopic (exact) mass is 438 g/mol. The van der Waals surface area contributed by atoms with E-state index in [0.29, 0.717) is 13.0 Å². The van der Waals surface area contributed by atoms with Gasteiger partial charge in [0.05, 0.1) is 6.10 Å². The van der Waals surface area contributed by atoms with E-state index in [9.17, 15) is 4.79 Å². The van der Waals surface area contributed by atoms with Gasteiger partial charge in [-0.3, -0.25) is 9.59 Å². The molecule has 1 aromatic rings. The Balaban J connectivity index is 0.00000110. The number of nitrogens with zero attached hydrogens (tertiary/aromatic N) is 2. The molecule has 2 atom stereocenters. The number of ether oxygens (including phenoxy) is 1. The van der Waals surface area contributed by atoms with E-state index in [1.165, 1.54) is 12.0 Å². The van der Waals surface area contributed by atoms with E-state index in [4.69, 9.17) is 30.5 Å². The summed E-state index contributed by atoms with van der Waals surface area (Å²) in [6.45, 7) is 6.47. The molecule has 31 heavy (non-hydrogen) atoms. The van der Waals surface area contributed by atoms with Crippen molar-refractivity contribution in [1.29, 1.82) is 0 Å². The quantitative estimate of drug-likeness (QED) is 0.361. The van der Waals surface area contributed by atoms with E-state index >= 15 is 0 Å². The predicted molar refractivity (Wildman–Crippen MR) is 120 cm³/mol. The van der Waals surface area contributed by atoms with Crippen LogP contribution in [-0.4, -0.2) is 77.5 Å². The maximum atomic E-state index is 10.9. The number of aryl methyl sites for hydroxylation is 2. The van der Waals surface area contributed by atoms with Crippen LogP contribution in [0.2, 0.25) is 0 Å². The first kappa shape index (κ1) is 26.8. The first-order valence-corrected chi connectivity index (χ1v) is 10.9. The summed E-state index contributed by atoms with van der Waals surface area (Å²) >= 11 is 0. The van der Waals surface area contributed by atoms with Gasteiger partial charge >= 0.3 is 5.97 Å². The minimum atomic E-state index is -0.943. The second-order valence-corrected chi connectivity index (χ2v) is 7.90. The van der Waals surface area contributed by atoms with Crippen molar-refractivity contribution in [2.45, 2.75) is 64.5 Å². The number of nitrogens with one attached hydrogen (secondary N) is 1. The largest absolute Gasteiger partial charge is 0.481 e. The molecule has 0 fully saturated rings. The number of hydrogen-bond acceptors (Lipinski definition) is 7. The molecule has 0 aliphatic carbocycles. The normalized spacial score (nSPS) is 14.6. The van der Waals surface area contributed by atoms with Gasteiger partial charge in [-0.15, -0.1) is 0 Å². The molecule has 2 rings (SSSR count). The Morgan fingerprint density at radius 1 is 1.29 bits per heavy atom. The molecule has 0 radical (unpaired) electrons. The molecule has 0 amide bonds. The summed E-state index contributed by atoms with van der Waals surface area (Å²) in [5, 5.41) is 19.8. The number of methoxy groups -OCH3 is 1. The smallest absolute Gasteiger partial charge is 0.320 e. The third kappa shape index (κ3) is 11.7. The van der Waals surface area contributed by atoms with Crippen molar-refractivity contribution >= 4 is 17.8 Å². The number of carbonyl (C=O) groups is 2. The minimum absolute atomic E-state index is 0.111. The molecule has 2 unspecified atom stereocenters. The zero-order valence-corrected chi connectivity index (χ0v) is 19.0. The van der Waals surface area contributed by atoms with Crippen LogP contribution in [-0.2, 0) is 27.2 Å². The molecule has 2 heterocycles. The number of anilines is 1. The lowest BCUT2D eigenvalue weighted by Gasteiger charge is -2.25. The Morgan fingerprint density at radius 3 is 2.65 bits per heavy atom. The van der Waals surface area contributed by atoms with Crippen LogP contribution < -0.4 is 11.1 Å². The van der Waals surface area contributed by atoms with Gasteiger partial charge in [-0.05, 0) is 63.6 Å². The molecular weight excluding hydrogens is 400 g/mol. The van der Waals surface area contributed by atoms with Crippen LogP contribution in [0.1, 0.15) is 50.8 Å². The Bertz CT molecular complexity index is 682. The first-order chi connectivity index (χ1) is 14.7. The summed E-state index contributed by atoms with van der Waals surface area (Å²) in [4.78, 5) is 26.9. The lowest BCUT2D eigenvalue weighted by Crippen LogP contribution is -2.38. The zero-order valence-electron chi connectivity index (χ0n) is 19.0. The third-order valence-electron chi connectivity index (χ3n) is 5.10. The highest BCUT2D eigenvalue weighted by atomic mass is 16.5. The number of aromatic nitrogens is 1. The molecule has 5 N–H and O–H groups in total. The average molecular weight is 439 g/mol. The fourth-order valence-corrected chi connectivity index (χ4v) is 3.33. The number of rotatable bonds is 12. The molecule has 0 spiro atoms. The van der Waals surface area contributed by atoms with E-state index in [0.717, 1.165) is 63.8 Å². The maximum Gasteiger partial charge on any atom is 0.320 e. The van der Waals surface area contributed by atoms with Gasteiger partial charge in [0, 0.05) is 39.4 Å². The van der Waals surface area contributed by atoms with Gasteiger partial charge < -0.3 is 30.9 Å². The number of hydrogen-bond donors (Lipinski definition) is 4. The summed E-state index contributed by atoms with van der Waals surface area (Å²) in [7, 11) is 1.70.